The Morgan fingerprint density at radius 3 is 2.87 bits per heavy atom. The van der Waals surface area contributed by atoms with Gasteiger partial charge in [-0.15, -0.1) is 0 Å². The Balaban J connectivity index is 2.39. The quantitative estimate of drug-likeness (QED) is 0.796. The van der Waals surface area contributed by atoms with Crippen LogP contribution in [0, 0.1) is 5.82 Å². The molecule has 1 fully saturated rings. The Morgan fingerprint density at radius 1 is 1.53 bits per heavy atom. The number of hydrogen-bond donors (Lipinski definition) is 1. The Morgan fingerprint density at radius 2 is 2.27 bits per heavy atom. The van der Waals surface area contributed by atoms with E-state index in [1.165, 1.54) is 6.07 Å². The van der Waals surface area contributed by atoms with Crippen molar-refractivity contribution >= 4 is 27.3 Å². The van der Waals surface area contributed by atoms with Gasteiger partial charge in [0.05, 0.1) is 15.8 Å². The molecule has 2 N–H and O–H groups in total. The van der Waals surface area contributed by atoms with E-state index in [1.807, 2.05) is 0 Å². The zero-order valence-corrected chi connectivity index (χ0v) is 10.2. The molecule has 15 heavy (non-hydrogen) atoms. The SMILES string of the molecule is C[C@H]1CCCN1c1cc(F)c(Br)cc1N. The minimum absolute atomic E-state index is 0.252. The Bertz CT molecular complexity index is 381. The third-order valence-electron chi connectivity index (χ3n) is 2.93. The standard InChI is InChI=1S/C11H14BrFN2/c1-7-3-2-4-15(7)11-6-9(13)8(12)5-10(11)14/h5-7H,2-4,14H2,1H3/t7-/m0/s1. The number of benzene rings is 1. The van der Waals surface area contributed by atoms with Crippen LogP contribution in [-0.4, -0.2) is 12.6 Å². The van der Waals surface area contributed by atoms with Gasteiger partial charge in [-0.05, 0) is 41.8 Å². The van der Waals surface area contributed by atoms with Crippen molar-refractivity contribution in [2.75, 3.05) is 17.2 Å². The summed E-state index contributed by atoms with van der Waals surface area (Å²) < 4.78 is 13.8. The highest BCUT2D eigenvalue weighted by molar-refractivity contribution is 9.10. The topological polar surface area (TPSA) is 29.3 Å². The largest absolute Gasteiger partial charge is 0.397 e. The first kappa shape index (κ1) is 10.7. The third kappa shape index (κ3) is 1.95. The summed E-state index contributed by atoms with van der Waals surface area (Å²) in [7, 11) is 0. The minimum atomic E-state index is -0.252. The monoisotopic (exact) mass is 272 g/mol. The number of hydrogen-bond acceptors (Lipinski definition) is 2. The average Bonchev–Trinajstić information content (AvgIpc) is 2.58. The molecular weight excluding hydrogens is 259 g/mol. The molecule has 82 valence electrons. The van der Waals surface area contributed by atoms with E-state index in [-0.39, 0.29) is 5.82 Å². The molecule has 0 amide bonds. The van der Waals surface area contributed by atoms with Crippen molar-refractivity contribution in [1.82, 2.24) is 0 Å². The van der Waals surface area contributed by atoms with Crippen molar-refractivity contribution < 1.29 is 4.39 Å². The van der Waals surface area contributed by atoms with Gasteiger partial charge >= 0.3 is 0 Å². The maximum atomic E-state index is 13.4. The molecule has 0 aliphatic carbocycles. The normalized spacial score (nSPS) is 21.0. The Labute approximate surface area is 97.4 Å². The van der Waals surface area contributed by atoms with E-state index in [9.17, 15) is 4.39 Å². The first-order chi connectivity index (χ1) is 7.09. The van der Waals surface area contributed by atoms with Crippen LogP contribution in [0.25, 0.3) is 0 Å². The van der Waals surface area contributed by atoms with E-state index >= 15 is 0 Å². The van der Waals surface area contributed by atoms with Crippen LogP contribution in [-0.2, 0) is 0 Å². The lowest BCUT2D eigenvalue weighted by Gasteiger charge is -2.25. The maximum Gasteiger partial charge on any atom is 0.139 e. The summed E-state index contributed by atoms with van der Waals surface area (Å²) in [6.45, 7) is 3.11. The Kier molecular flexibility index (Phi) is 2.87. The molecule has 1 saturated heterocycles. The second kappa shape index (κ2) is 4.00. The zero-order chi connectivity index (χ0) is 11.0. The summed E-state index contributed by atoms with van der Waals surface area (Å²) in [4.78, 5) is 2.17. The molecule has 1 aromatic rings. The fourth-order valence-electron chi connectivity index (χ4n) is 2.09. The van der Waals surface area contributed by atoms with Gasteiger partial charge in [0.1, 0.15) is 5.82 Å². The van der Waals surface area contributed by atoms with Gasteiger partial charge in [0.15, 0.2) is 0 Å². The Hall–Kier alpha value is -0.770. The van der Waals surface area contributed by atoms with E-state index in [1.54, 1.807) is 6.07 Å². The van der Waals surface area contributed by atoms with E-state index < -0.39 is 0 Å². The first-order valence-corrected chi connectivity index (χ1v) is 5.90. The molecule has 0 unspecified atom stereocenters. The van der Waals surface area contributed by atoms with Crippen molar-refractivity contribution in [2.45, 2.75) is 25.8 Å². The second-order valence-corrected chi connectivity index (χ2v) is 4.86. The van der Waals surface area contributed by atoms with Crippen LogP contribution in [0.15, 0.2) is 16.6 Å². The smallest absolute Gasteiger partial charge is 0.139 e. The van der Waals surface area contributed by atoms with Gasteiger partial charge in [0, 0.05) is 18.7 Å². The summed E-state index contributed by atoms with van der Waals surface area (Å²) in [5, 5.41) is 0. The van der Waals surface area contributed by atoms with E-state index in [4.69, 9.17) is 5.73 Å². The predicted octanol–water partition coefficient (Wildman–Crippen LogP) is 3.16. The molecule has 1 aromatic carbocycles. The molecule has 2 rings (SSSR count). The van der Waals surface area contributed by atoms with Gasteiger partial charge in [-0.1, -0.05) is 0 Å². The van der Waals surface area contributed by atoms with Crippen LogP contribution >= 0.6 is 15.9 Å². The minimum Gasteiger partial charge on any atom is -0.397 e. The summed E-state index contributed by atoms with van der Waals surface area (Å²) >= 11 is 3.13. The molecular formula is C11H14BrFN2. The number of halogens is 2. The van der Waals surface area contributed by atoms with Gasteiger partial charge in [-0.25, -0.2) is 4.39 Å². The molecule has 2 nitrogen and oxygen atoms in total. The summed E-state index contributed by atoms with van der Waals surface area (Å²) in [6.07, 6.45) is 2.30. The highest BCUT2D eigenvalue weighted by atomic mass is 79.9. The van der Waals surface area contributed by atoms with Crippen LogP contribution < -0.4 is 10.6 Å². The number of anilines is 2. The summed E-state index contributed by atoms with van der Waals surface area (Å²) in [5.41, 5.74) is 7.35. The number of rotatable bonds is 1. The fraction of sp³-hybridized carbons (Fsp3) is 0.455. The van der Waals surface area contributed by atoms with Crippen LogP contribution in [0.2, 0.25) is 0 Å². The highest BCUT2D eigenvalue weighted by Crippen LogP contribution is 2.33. The van der Waals surface area contributed by atoms with Gasteiger partial charge in [0.2, 0.25) is 0 Å². The van der Waals surface area contributed by atoms with E-state index in [0.717, 1.165) is 25.1 Å². The second-order valence-electron chi connectivity index (χ2n) is 4.01. The molecule has 1 heterocycles. The molecule has 1 aliphatic heterocycles. The predicted molar refractivity (Wildman–Crippen MR) is 64.6 cm³/mol. The molecule has 0 aromatic heterocycles. The fourth-order valence-corrected chi connectivity index (χ4v) is 2.45. The van der Waals surface area contributed by atoms with E-state index in [0.29, 0.717) is 16.2 Å². The molecule has 1 atom stereocenters. The van der Waals surface area contributed by atoms with Crippen LogP contribution in [0.5, 0.6) is 0 Å². The molecule has 0 bridgehead atoms. The maximum absolute atomic E-state index is 13.4. The number of nitrogen functional groups attached to an aromatic ring is 1. The zero-order valence-electron chi connectivity index (χ0n) is 8.63. The highest BCUT2D eigenvalue weighted by Gasteiger charge is 2.23. The van der Waals surface area contributed by atoms with Crippen molar-refractivity contribution in [3.8, 4) is 0 Å². The molecule has 4 heteroatoms. The lowest BCUT2D eigenvalue weighted by Crippen LogP contribution is -2.27. The van der Waals surface area contributed by atoms with Gasteiger partial charge in [-0.3, -0.25) is 0 Å². The summed E-state index contributed by atoms with van der Waals surface area (Å²) in [5.74, 6) is -0.252. The lowest BCUT2D eigenvalue weighted by atomic mass is 10.2. The van der Waals surface area contributed by atoms with Gasteiger partial charge in [0.25, 0.3) is 0 Å². The van der Waals surface area contributed by atoms with Crippen LogP contribution in [0.4, 0.5) is 15.8 Å². The van der Waals surface area contributed by atoms with Gasteiger partial charge in [-0.2, -0.15) is 0 Å². The third-order valence-corrected chi connectivity index (χ3v) is 3.54. The van der Waals surface area contributed by atoms with Crippen LogP contribution in [0.3, 0.4) is 0 Å². The van der Waals surface area contributed by atoms with Crippen molar-refractivity contribution in [3.05, 3.63) is 22.4 Å². The van der Waals surface area contributed by atoms with Crippen LogP contribution in [0.1, 0.15) is 19.8 Å². The number of nitrogens with two attached hydrogens (primary N) is 1. The molecule has 0 saturated carbocycles. The lowest BCUT2D eigenvalue weighted by molar-refractivity contribution is 0.619. The average molecular weight is 273 g/mol. The van der Waals surface area contributed by atoms with Crippen molar-refractivity contribution in [1.29, 1.82) is 0 Å². The van der Waals surface area contributed by atoms with Crippen molar-refractivity contribution in [2.24, 2.45) is 0 Å². The first-order valence-electron chi connectivity index (χ1n) is 5.10. The number of nitrogens with zero attached hydrogens (tertiary/aromatic N) is 1. The summed E-state index contributed by atoms with van der Waals surface area (Å²) in [6, 6.07) is 3.60. The van der Waals surface area contributed by atoms with Gasteiger partial charge < -0.3 is 10.6 Å². The molecule has 0 spiro atoms. The molecule has 0 radical (unpaired) electrons. The van der Waals surface area contributed by atoms with E-state index in [2.05, 4.69) is 27.8 Å². The van der Waals surface area contributed by atoms with Crippen molar-refractivity contribution in [3.63, 3.8) is 0 Å². The molecule has 1 aliphatic rings.